The lowest BCUT2D eigenvalue weighted by Crippen LogP contribution is -2.47. The minimum atomic E-state index is -1.75. The Morgan fingerprint density at radius 1 is 1.39 bits per heavy atom. The van der Waals surface area contributed by atoms with Gasteiger partial charge in [-0.2, -0.15) is 0 Å². The molecule has 0 spiro atoms. The number of methoxy groups -OCH3 is 1. The second-order valence-electron chi connectivity index (χ2n) is 6.27. The van der Waals surface area contributed by atoms with Gasteiger partial charge in [-0.1, -0.05) is 20.8 Å². The maximum Gasteiger partial charge on any atom is 0.271 e. The predicted octanol–water partition coefficient (Wildman–Crippen LogP) is 1.68. The molecule has 1 aliphatic rings. The lowest BCUT2D eigenvalue weighted by atomic mass is 10.2. The van der Waals surface area contributed by atoms with Gasteiger partial charge in [-0.25, -0.2) is 0 Å². The zero-order chi connectivity index (χ0) is 14.0. The van der Waals surface area contributed by atoms with Crippen molar-refractivity contribution in [3.63, 3.8) is 0 Å². The molecule has 2 N–H and O–H groups in total. The van der Waals surface area contributed by atoms with Crippen LogP contribution in [-0.4, -0.2) is 47.3 Å². The van der Waals surface area contributed by atoms with Crippen LogP contribution in [0.15, 0.2) is 0 Å². The third kappa shape index (κ3) is 4.01. The van der Waals surface area contributed by atoms with Crippen molar-refractivity contribution in [1.82, 2.24) is 0 Å². The van der Waals surface area contributed by atoms with Crippen LogP contribution in [0.2, 0.25) is 18.1 Å². The topological polar surface area (TPSA) is 62.9 Å². The fourth-order valence-corrected chi connectivity index (χ4v) is 2.41. The fraction of sp³-hybridized carbons (Fsp3) is 1.00. The number of hydrogen-bond acceptors (Lipinski definition) is 5. The van der Waals surface area contributed by atoms with Crippen molar-refractivity contribution in [2.24, 2.45) is 5.73 Å². The van der Waals surface area contributed by atoms with Crippen molar-refractivity contribution in [1.29, 1.82) is 0 Å². The molecule has 0 bridgehead atoms. The number of nitrogens with two attached hydrogens (primary N) is 1. The predicted molar refractivity (Wildman–Crippen MR) is 72.7 cm³/mol. The van der Waals surface area contributed by atoms with E-state index in [1.54, 1.807) is 7.11 Å². The van der Waals surface area contributed by atoms with E-state index in [-0.39, 0.29) is 17.2 Å². The molecule has 0 aliphatic carbocycles. The molecule has 0 aromatic carbocycles. The first-order valence-corrected chi connectivity index (χ1v) is 9.27. The molecule has 3 atom stereocenters. The average molecular weight is 277 g/mol. The van der Waals surface area contributed by atoms with Crippen molar-refractivity contribution < 1.29 is 18.6 Å². The molecule has 0 aromatic heterocycles. The maximum atomic E-state index is 6.08. The Morgan fingerprint density at radius 2 is 2.00 bits per heavy atom. The first kappa shape index (κ1) is 16.1. The molecule has 0 aromatic rings. The molecule has 0 radical (unpaired) electrons. The van der Waals surface area contributed by atoms with Gasteiger partial charge in [0, 0.05) is 7.11 Å². The molecule has 6 heteroatoms. The normalized spacial score (nSPS) is 27.5. The lowest BCUT2D eigenvalue weighted by Gasteiger charge is -2.37. The summed E-state index contributed by atoms with van der Waals surface area (Å²) in [6.07, 6.45) is -0.153. The van der Waals surface area contributed by atoms with Crippen LogP contribution >= 0.6 is 0 Å². The summed E-state index contributed by atoms with van der Waals surface area (Å²) in [5.41, 5.74) is 6.08. The summed E-state index contributed by atoms with van der Waals surface area (Å²) in [4.78, 5) is 0. The molecule has 1 saturated heterocycles. The minimum absolute atomic E-state index is 0.153. The van der Waals surface area contributed by atoms with Crippen LogP contribution in [0.4, 0.5) is 0 Å². The average Bonchev–Trinajstić information content (AvgIpc) is 2.73. The zero-order valence-electron chi connectivity index (χ0n) is 12.4. The highest BCUT2D eigenvalue weighted by atomic mass is 28.4. The van der Waals surface area contributed by atoms with Gasteiger partial charge in [-0.05, 0) is 18.1 Å². The van der Waals surface area contributed by atoms with E-state index in [1.807, 2.05) is 0 Å². The van der Waals surface area contributed by atoms with E-state index in [1.165, 1.54) is 0 Å². The standard InChI is InChI=1S/C12H27NO4Si/c1-12(2,3)18(5,6)16-7-9(13)10-8-15-11(14-4)17-10/h9-11H,7-8,13H2,1-6H3/t9-,10-,11?/m1/s1. The minimum Gasteiger partial charge on any atom is -0.415 e. The molecule has 1 rings (SSSR count). The van der Waals surface area contributed by atoms with Gasteiger partial charge < -0.3 is 24.4 Å². The van der Waals surface area contributed by atoms with Crippen LogP contribution < -0.4 is 5.73 Å². The van der Waals surface area contributed by atoms with Crippen LogP contribution in [0.3, 0.4) is 0 Å². The van der Waals surface area contributed by atoms with Crippen LogP contribution in [0, 0.1) is 0 Å². The quantitative estimate of drug-likeness (QED) is 0.775. The molecular weight excluding hydrogens is 250 g/mol. The summed E-state index contributed by atoms with van der Waals surface area (Å²) >= 11 is 0. The van der Waals surface area contributed by atoms with Gasteiger partial charge in [0.15, 0.2) is 8.32 Å². The van der Waals surface area contributed by atoms with E-state index < -0.39 is 14.8 Å². The molecule has 0 amide bonds. The SMILES string of the molecule is COC1OC[C@H]([C@H](N)CO[Si](C)(C)C(C)(C)C)O1. The van der Waals surface area contributed by atoms with Gasteiger partial charge >= 0.3 is 0 Å². The number of ether oxygens (including phenoxy) is 3. The van der Waals surface area contributed by atoms with Crippen LogP contribution in [0.25, 0.3) is 0 Å². The fourth-order valence-electron chi connectivity index (χ4n) is 1.37. The third-order valence-electron chi connectivity index (χ3n) is 3.80. The van der Waals surface area contributed by atoms with E-state index in [0.29, 0.717) is 13.2 Å². The van der Waals surface area contributed by atoms with Crippen LogP contribution in [-0.2, 0) is 18.6 Å². The van der Waals surface area contributed by atoms with Gasteiger partial charge in [0.05, 0.1) is 19.3 Å². The Kier molecular flexibility index (Phi) is 5.34. The number of hydrogen-bond donors (Lipinski definition) is 1. The maximum absolute atomic E-state index is 6.08. The highest BCUT2D eigenvalue weighted by Gasteiger charge is 2.39. The van der Waals surface area contributed by atoms with Crippen LogP contribution in [0.5, 0.6) is 0 Å². The van der Waals surface area contributed by atoms with Crippen molar-refractivity contribution in [2.45, 2.75) is 57.5 Å². The van der Waals surface area contributed by atoms with Gasteiger partial charge in [0.25, 0.3) is 6.48 Å². The zero-order valence-corrected chi connectivity index (χ0v) is 13.4. The van der Waals surface area contributed by atoms with E-state index in [2.05, 4.69) is 33.9 Å². The molecule has 0 saturated carbocycles. The molecule has 1 aliphatic heterocycles. The smallest absolute Gasteiger partial charge is 0.271 e. The first-order valence-electron chi connectivity index (χ1n) is 6.37. The highest BCUT2D eigenvalue weighted by Crippen LogP contribution is 2.36. The molecule has 18 heavy (non-hydrogen) atoms. The van der Waals surface area contributed by atoms with Crippen molar-refractivity contribution in [3.8, 4) is 0 Å². The van der Waals surface area contributed by atoms with Crippen LogP contribution in [0.1, 0.15) is 20.8 Å². The molecule has 5 nitrogen and oxygen atoms in total. The van der Waals surface area contributed by atoms with Crippen molar-refractivity contribution in [2.75, 3.05) is 20.3 Å². The first-order chi connectivity index (χ1) is 8.17. The summed E-state index contributed by atoms with van der Waals surface area (Å²) in [6.45, 7) is 11.4. The Labute approximate surface area is 111 Å². The van der Waals surface area contributed by atoms with Gasteiger partial charge in [-0.15, -0.1) is 0 Å². The molecule has 1 fully saturated rings. The second-order valence-corrected chi connectivity index (χ2v) is 11.1. The van der Waals surface area contributed by atoms with Gasteiger partial charge in [0.1, 0.15) is 6.10 Å². The Morgan fingerprint density at radius 3 is 2.44 bits per heavy atom. The Bertz CT molecular complexity index is 267. The van der Waals surface area contributed by atoms with E-state index in [0.717, 1.165) is 0 Å². The Hall–Kier alpha value is 0.0169. The Balaban J connectivity index is 2.40. The van der Waals surface area contributed by atoms with Gasteiger partial charge in [-0.3, -0.25) is 0 Å². The summed E-state index contributed by atoms with van der Waals surface area (Å²) in [5.74, 6) is 0. The third-order valence-corrected chi connectivity index (χ3v) is 8.30. The highest BCUT2D eigenvalue weighted by molar-refractivity contribution is 6.74. The number of rotatable bonds is 5. The lowest BCUT2D eigenvalue weighted by molar-refractivity contribution is -0.224. The molecular formula is C12H27NO4Si. The van der Waals surface area contributed by atoms with Gasteiger partial charge in [0.2, 0.25) is 0 Å². The summed E-state index contributed by atoms with van der Waals surface area (Å²) in [5, 5.41) is 0.189. The summed E-state index contributed by atoms with van der Waals surface area (Å²) < 4.78 is 21.8. The van der Waals surface area contributed by atoms with Crippen molar-refractivity contribution in [3.05, 3.63) is 0 Å². The van der Waals surface area contributed by atoms with Crippen molar-refractivity contribution >= 4 is 8.32 Å². The monoisotopic (exact) mass is 277 g/mol. The summed E-state index contributed by atoms with van der Waals surface area (Å²) in [7, 11) is -0.205. The summed E-state index contributed by atoms with van der Waals surface area (Å²) in [6, 6.07) is -0.181. The van der Waals surface area contributed by atoms with E-state index >= 15 is 0 Å². The van der Waals surface area contributed by atoms with E-state index in [9.17, 15) is 0 Å². The molecule has 108 valence electrons. The molecule has 1 unspecified atom stereocenters. The molecule has 1 heterocycles. The van der Waals surface area contributed by atoms with E-state index in [4.69, 9.17) is 24.4 Å². The largest absolute Gasteiger partial charge is 0.415 e. The second kappa shape index (κ2) is 5.98.